The van der Waals surface area contributed by atoms with E-state index in [4.69, 9.17) is 4.74 Å². The second-order valence-corrected chi connectivity index (χ2v) is 5.24. The fourth-order valence-electron chi connectivity index (χ4n) is 1.72. The van der Waals surface area contributed by atoms with Crippen LogP contribution in [0.2, 0.25) is 0 Å². The van der Waals surface area contributed by atoms with Gasteiger partial charge in [0.25, 0.3) is 0 Å². The second kappa shape index (κ2) is 6.60. The Bertz CT molecular complexity index is 642. The van der Waals surface area contributed by atoms with Gasteiger partial charge in [-0.3, -0.25) is 0 Å². The van der Waals surface area contributed by atoms with Crippen LogP contribution >= 0.6 is 12.6 Å². The Morgan fingerprint density at radius 1 is 1.45 bits per heavy atom. The molecule has 2 aromatic rings. The lowest BCUT2D eigenvalue weighted by molar-refractivity contribution is 0.300. The molecule has 7 heteroatoms. The van der Waals surface area contributed by atoms with Gasteiger partial charge >= 0.3 is 5.69 Å². The third kappa shape index (κ3) is 3.63. The van der Waals surface area contributed by atoms with Crippen LogP contribution in [0.1, 0.15) is 26.7 Å². The molecule has 2 aromatic heterocycles. The summed E-state index contributed by atoms with van der Waals surface area (Å²) in [5.41, 5.74) is 0.711. The number of anilines is 1. The number of pyridine rings is 1. The van der Waals surface area contributed by atoms with Crippen molar-refractivity contribution in [2.75, 3.05) is 11.9 Å². The van der Waals surface area contributed by atoms with Gasteiger partial charge in [-0.1, -0.05) is 13.3 Å². The van der Waals surface area contributed by atoms with Crippen LogP contribution in [0.3, 0.4) is 0 Å². The number of aromatic nitrogens is 3. The number of H-pyrrole nitrogens is 1. The molecule has 0 spiro atoms. The number of hydrogen-bond acceptors (Lipinski definition) is 6. The molecular weight excluding hydrogens is 276 g/mol. The standard InChI is InChI=1S/C13H18N4O2S/c1-3-4-7-19-12-11-9(15-13(18)17-12)5-6-10(16-11)14-8(2)20/h5-6,8,20H,3-4,7H2,1-2H3,(H,14,16)(H,15,17,18). The van der Waals surface area contributed by atoms with Gasteiger partial charge in [0.1, 0.15) is 5.82 Å². The fourth-order valence-corrected chi connectivity index (χ4v) is 1.85. The summed E-state index contributed by atoms with van der Waals surface area (Å²) in [5.74, 6) is 0.932. The molecule has 1 unspecified atom stereocenters. The highest BCUT2D eigenvalue weighted by Gasteiger charge is 2.09. The molecule has 0 bridgehead atoms. The molecule has 0 aliphatic heterocycles. The van der Waals surface area contributed by atoms with Crippen molar-refractivity contribution in [3.63, 3.8) is 0 Å². The monoisotopic (exact) mass is 294 g/mol. The van der Waals surface area contributed by atoms with E-state index < -0.39 is 5.69 Å². The Labute approximate surface area is 122 Å². The van der Waals surface area contributed by atoms with E-state index in [0.29, 0.717) is 23.5 Å². The highest BCUT2D eigenvalue weighted by Crippen LogP contribution is 2.20. The summed E-state index contributed by atoms with van der Waals surface area (Å²) >= 11 is 4.26. The van der Waals surface area contributed by atoms with Crippen LogP contribution in [-0.2, 0) is 0 Å². The summed E-state index contributed by atoms with van der Waals surface area (Å²) in [6.07, 6.45) is 1.92. The van der Waals surface area contributed by atoms with Crippen LogP contribution < -0.4 is 15.7 Å². The summed E-state index contributed by atoms with van der Waals surface area (Å²) in [6, 6.07) is 3.55. The lowest BCUT2D eigenvalue weighted by Crippen LogP contribution is -2.14. The predicted molar refractivity (Wildman–Crippen MR) is 82.6 cm³/mol. The number of thiol groups is 1. The van der Waals surface area contributed by atoms with E-state index in [2.05, 4.69) is 39.8 Å². The first kappa shape index (κ1) is 14.6. The van der Waals surface area contributed by atoms with Crippen molar-refractivity contribution in [1.29, 1.82) is 0 Å². The molecule has 0 aromatic carbocycles. The minimum atomic E-state index is -0.436. The summed E-state index contributed by atoms with van der Waals surface area (Å²) in [6.45, 7) is 4.49. The van der Waals surface area contributed by atoms with Crippen LogP contribution in [0.15, 0.2) is 16.9 Å². The molecule has 0 fully saturated rings. The molecule has 0 radical (unpaired) electrons. The maximum absolute atomic E-state index is 11.5. The molecule has 0 saturated heterocycles. The van der Waals surface area contributed by atoms with Crippen LogP contribution in [-0.4, -0.2) is 26.9 Å². The highest BCUT2D eigenvalue weighted by molar-refractivity contribution is 7.81. The van der Waals surface area contributed by atoms with Gasteiger partial charge in [0.05, 0.1) is 17.5 Å². The van der Waals surface area contributed by atoms with Crippen LogP contribution in [0.4, 0.5) is 5.82 Å². The van der Waals surface area contributed by atoms with E-state index >= 15 is 0 Å². The molecule has 2 heterocycles. The second-order valence-electron chi connectivity index (χ2n) is 4.46. The van der Waals surface area contributed by atoms with Gasteiger partial charge in [-0.2, -0.15) is 17.6 Å². The van der Waals surface area contributed by atoms with E-state index in [0.717, 1.165) is 12.8 Å². The third-order valence-electron chi connectivity index (χ3n) is 2.64. The first-order chi connectivity index (χ1) is 9.60. The van der Waals surface area contributed by atoms with E-state index in [9.17, 15) is 4.79 Å². The molecule has 108 valence electrons. The zero-order valence-electron chi connectivity index (χ0n) is 11.5. The molecule has 6 nitrogen and oxygen atoms in total. The van der Waals surface area contributed by atoms with Crippen LogP contribution in [0.25, 0.3) is 11.0 Å². The van der Waals surface area contributed by atoms with Crippen molar-refractivity contribution >= 4 is 29.5 Å². The van der Waals surface area contributed by atoms with Crippen LogP contribution in [0, 0.1) is 0 Å². The van der Waals surface area contributed by atoms with Gasteiger partial charge in [-0.15, -0.1) is 0 Å². The maximum atomic E-state index is 11.5. The van der Waals surface area contributed by atoms with E-state index in [1.807, 2.05) is 6.92 Å². The number of nitrogens with zero attached hydrogens (tertiary/aromatic N) is 2. The maximum Gasteiger partial charge on any atom is 0.348 e. The molecule has 2 rings (SSSR count). The summed E-state index contributed by atoms with van der Waals surface area (Å²) in [4.78, 5) is 22.4. The zero-order chi connectivity index (χ0) is 14.5. The van der Waals surface area contributed by atoms with E-state index in [1.54, 1.807) is 12.1 Å². The number of aromatic amines is 1. The quantitative estimate of drug-likeness (QED) is 0.432. The largest absolute Gasteiger partial charge is 0.476 e. The smallest absolute Gasteiger partial charge is 0.348 e. The first-order valence-electron chi connectivity index (χ1n) is 6.58. The van der Waals surface area contributed by atoms with Crippen molar-refractivity contribution < 1.29 is 4.74 Å². The van der Waals surface area contributed by atoms with Gasteiger partial charge < -0.3 is 15.0 Å². The zero-order valence-corrected chi connectivity index (χ0v) is 12.4. The molecule has 0 aliphatic carbocycles. The third-order valence-corrected chi connectivity index (χ3v) is 2.77. The number of ether oxygens (including phenoxy) is 1. The topological polar surface area (TPSA) is 79.9 Å². The molecule has 0 aliphatic rings. The van der Waals surface area contributed by atoms with Crippen LogP contribution in [0.5, 0.6) is 5.88 Å². The lowest BCUT2D eigenvalue weighted by Gasteiger charge is -2.10. The fraction of sp³-hybridized carbons (Fsp3) is 0.462. The van der Waals surface area contributed by atoms with E-state index in [-0.39, 0.29) is 11.3 Å². The SMILES string of the molecule is CCCCOc1nc(=O)[nH]c2ccc(NC(C)S)nc12. The molecular formula is C13H18N4O2S. The van der Waals surface area contributed by atoms with E-state index in [1.165, 1.54) is 0 Å². The molecule has 0 amide bonds. The van der Waals surface area contributed by atoms with Crippen molar-refractivity contribution in [3.05, 3.63) is 22.6 Å². The normalized spacial score (nSPS) is 12.3. The molecule has 20 heavy (non-hydrogen) atoms. The number of fused-ring (bicyclic) bond motifs is 1. The minimum Gasteiger partial charge on any atom is -0.476 e. The Hall–Kier alpha value is -1.76. The van der Waals surface area contributed by atoms with Crippen molar-refractivity contribution in [2.45, 2.75) is 32.1 Å². The summed E-state index contributed by atoms with van der Waals surface area (Å²) in [7, 11) is 0. The number of unbranched alkanes of at least 4 members (excludes halogenated alkanes) is 1. The van der Waals surface area contributed by atoms with Gasteiger partial charge in [0.2, 0.25) is 5.88 Å². The highest BCUT2D eigenvalue weighted by atomic mass is 32.1. The van der Waals surface area contributed by atoms with Gasteiger partial charge in [0, 0.05) is 0 Å². The predicted octanol–water partition coefficient (Wildman–Crippen LogP) is 2.18. The van der Waals surface area contributed by atoms with Gasteiger partial charge in [0.15, 0.2) is 5.52 Å². The van der Waals surface area contributed by atoms with Gasteiger partial charge in [-0.05, 0) is 25.5 Å². The Balaban J connectivity index is 2.39. The van der Waals surface area contributed by atoms with Crippen molar-refractivity contribution in [3.8, 4) is 5.88 Å². The summed E-state index contributed by atoms with van der Waals surface area (Å²) in [5, 5.41) is 3.06. The molecule has 0 saturated carbocycles. The minimum absolute atomic E-state index is 0.0277. The van der Waals surface area contributed by atoms with Crippen molar-refractivity contribution in [1.82, 2.24) is 15.0 Å². The summed E-state index contributed by atoms with van der Waals surface area (Å²) < 4.78 is 5.56. The first-order valence-corrected chi connectivity index (χ1v) is 7.10. The molecule has 1 atom stereocenters. The Kier molecular flexibility index (Phi) is 4.84. The molecule has 2 N–H and O–H groups in total. The average molecular weight is 294 g/mol. The number of rotatable bonds is 6. The van der Waals surface area contributed by atoms with Crippen molar-refractivity contribution in [2.24, 2.45) is 0 Å². The number of hydrogen-bond donors (Lipinski definition) is 3. The Morgan fingerprint density at radius 3 is 2.95 bits per heavy atom. The Morgan fingerprint density at radius 2 is 2.25 bits per heavy atom. The van der Waals surface area contributed by atoms with Gasteiger partial charge in [-0.25, -0.2) is 9.78 Å². The average Bonchev–Trinajstić information content (AvgIpc) is 2.39. The number of nitrogens with one attached hydrogen (secondary N) is 2. The lowest BCUT2D eigenvalue weighted by atomic mass is 10.3.